The third-order valence-corrected chi connectivity index (χ3v) is 3.58. The number of carbonyl (C=O) groups excluding carboxylic acids is 1. The van der Waals surface area contributed by atoms with Crippen molar-refractivity contribution in [2.45, 2.75) is 64.1 Å². The lowest BCUT2D eigenvalue weighted by atomic mass is 9.92. The van der Waals surface area contributed by atoms with Crippen LogP contribution in [-0.4, -0.2) is 32.9 Å². The van der Waals surface area contributed by atoms with Crippen LogP contribution in [0.5, 0.6) is 0 Å². The lowest BCUT2D eigenvalue weighted by molar-refractivity contribution is 0.0717. The molecule has 1 saturated carbocycles. The minimum Gasteiger partial charge on any atom is -0.391 e. The summed E-state index contributed by atoms with van der Waals surface area (Å²) in [5.41, 5.74) is 0.413. The van der Waals surface area contributed by atoms with E-state index in [0.29, 0.717) is 5.56 Å². The second kappa shape index (κ2) is 5.33. The summed E-state index contributed by atoms with van der Waals surface area (Å²) in [6.07, 6.45) is 6.63. The minimum atomic E-state index is -0.421. The molecule has 0 spiro atoms. The summed E-state index contributed by atoms with van der Waals surface area (Å²) < 4.78 is 1.78. The first-order valence-electron chi connectivity index (χ1n) is 6.92. The maximum atomic E-state index is 12.1. The van der Waals surface area contributed by atoms with Crippen LogP contribution in [0.3, 0.4) is 0 Å². The minimum absolute atomic E-state index is 0.126. The van der Waals surface area contributed by atoms with Gasteiger partial charge in [-0.05, 0) is 33.6 Å². The van der Waals surface area contributed by atoms with Gasteiger partial charge in [0.25, 0.3) is 5.91 Å². The standard InChI is InChI=1S/C14H23N3O2/c1-14(2,3)17-9-10(8-15-17)13(19)16-11-6-4-5-7-12(11)18/h8-9,11-12,18H,4-7H2,1-3H3,(H,16,19). The SMILES string of the molecule is CC(C)(C)n1cc(C(=O)NC2CCCCC2O)cn1. The molecule has 1 aliphatic rings. The molecule has 0 radical (unpaired) electrons. The van der Waals surface area contributed by atoms with Gasteiger partial charge in [0.2, 0.25) is 0 Å². The molecule has 5 heteroatoms. The topological polar surface area (TPSA) is 67.2 Å². The maximum Gasteiger partial charge on any atom is 0.254 e. The Balaban J connectivity index is 2.01. The van der Waals surface area contributed by atoms with Crippen molar-refractivity contribution >= 4 is 5.91 Å². The highest BCUT2D eigenvalue weighted by Gasteiger charge is 2.25. The molecule has 106 valence electrons. The summed E-state index contributed by atoms with van der Waals surface area (Å²) in [6, 6.07) is -0.126. The van der Waals surface area contributed by atoms with Gasteiger partial charge in [-0.2, -0.15) is 5.10 Å². The van der Waals surface area contributed by atoms with Gasteiger partial charge in [-0.25, -0.2) is 0 Å². The Morgan fingerprint density at radius 2 is 2.11 bits per heavy atom. The first-order chi connectivity index (χ1) is 8.88. The average molecular weight is 265 g/mol. The zero-order chi connectivity index (χ0) is 14.0. The van der Waals surface area contributed by atoms with Crippen molar-refractivity contribution in [3.63, 3.8) is 0 Å². The largest absolute Gasteiger partial charge is 0.391 e. The third-order valence-electron chi connectivity index (χ3n) is 3.58. The van der Waals surface area contributed by atoms with Crippen LogP contribution >= 0.6 is 0 Å². The smallest absolute Gasteiger partial charge is 0.254 e. The van der Waals surface area contributed by atoms with Gasteiger partial charge in [0.15, 0.2) is 0 Å². The maximum absolute atomic E-state index is 12.1. The Hall–Kier alpha value is -1.36. The molecule has 0 aromatic carbocycles. The molecule has 1 heterocycles. The third kappa shape index (κ3) is 3.35. The van der Waals surface area contributed by atoms with Gasteiger partial charge in [-0.3, -0.25) is 9.48 Å². The number of carbonyl (C=O) groups is 1. The van der Waals surface area contributed by atoms with Crippen LogP contribution in [0, 0.1) is 0 Å². The van der Waals surface area contributed by atoms with Crippen molar-refractivity contribution in [3.8, 4) is 0 Å². The number of aromatic nitrogens is 2. The van der Waals surface area contributed by atoms with Crippen molar-refractivity contribution in [2.75, 3.05) is 0 Å². The van der Waals surface area contributed by atoms with Crippen LogP contribution < -0.4 is 5.32 Å². The summed E-state index contributed by atoms with van der Waals surface area (Å²) >= 11 is 0. The number of aliphatic hydroxyl groups excluding tert-OH is 1. The number of aliphatic hydroxyl groups is 1. The second-order valence-electron chi connectivity index (χ2n) is 6.28. The van der Waals surface area contributed by atoms with Gasteiger partial charge in [0.05, 0.1) is 29.4 Å². The molecule has 0 aliphatic heterocycles. The van der Waals surface area contributed by atoms with E-state index >= 15 is 0 Å². The molecule has 2 atom stereocenters. The van der Waals surface area contributed by atoms with E-state index in [0.717, 1.165) is 25.7 Å². The van der Waals surface area contributed by atoms with Gasteiger partial charge in [-0.15, -0.1) is 0 Å². The van der Waals surface area contributed by atoms with E-state index in [1.807, 2.05) is 20.8 Å². The van der Waals surface area contributed by atoms with Crippen LogP contribution in [0.2, 0.25) is 0 Å². The summed E-state index contributed by atoms with van der Waals surface area (Å²) in [5.74, 6) is -0.151. The first kappa shape index (κ1) is 14.1. The predicted molar refractivity (Wildman–Crippen MR) is 73.0 cm³/mol. The first-order valence-corrected chi connectivity index (χ1v) is 6.92. The van der Waals surface area contributed by atoms with E-state index in [1.165, 1.54) is 0 Å². The number of hydrogen-bond acceptors (Lipinski definition) is 3. The second-order valence-corrected chi connectivity index (χ2v) is 6.28. The molecule has 5 nitrogen and oxygen atoms in total. The molecule has 0 bridgehead atoms. The lowest BCUT2D eigenvalue weighted by Crippen LogP contribution is -2.45. The van der Waals surface area contributed by atoms with E-state index in [9.17, 15) is 9.90 Å². The summed E-state index contributed by atoms with van der Waals surface area (Å²) in [4.78, 5) is 12.1. The lowest BCUT2D eigenvalue weighted by Gasteiger charge is -2.28. The molecule has 19 heavy (non-hydrogen) atoms. The van der Waals surface area contributed by atoms with Crippen LogP contribution in [0.1, 0.15) is 56.8 Å². The molecule has 2 rings (SSSR count). The molecule has 2 N–H and O–H groups in total. The van der Waals surface area contributed by atoms with Gasteiger partial charge in [0, 0.05) is 6.20 Å². The van der Waals surface area contributed by atoms with E-state index in [2.05, 4.69) is 10.4 Å². The Morgan fingerprint density at radius 1 is 1.42 bits per heavy atom. The summed E-state index contributed by atoms with van der Waals surface area (Å²) in [7, 11) is 0. The molecule has 2 unspecified atom stereocenters. The Morgan fingerprint density at radius 3 is 2.68 bits per heavy atom. The number of nitrogens with one attached hydrogen (secondary N) is 1. The van der Waals surface area contributed by atoms with Crippen molar-refractivity contribution in [1.82, 2.24) is 15.1 Å². The molecule has 1 amide bonds. The average Bonchev–Trinajstić information content (AvgIpc) is 2.81. The van der Waals surface area contributed by atoms with E-state index < -0.39 is 6.10 Å². The number of hydrogen-bond donors (Lipinski definition) is 2. The predicted octanol–water partition coefficient (Wildman–Crippen LogP) is 1.67. The molecular formula is C14H23N3O2. The van der Waals surface area contributed by atoms with Crippen molar-refractivity contribution in [1.29, 1.82) is 0 Å². The quantitative estimate of drug-likeness (QED) is 0.854. The number of rotatable bonds is 2. The van der Waals surface area contributed by atoms with E-state index in [4.69, 9.17) is 0 Å². The van der Waals surface area contributed by atoms with Crippen LogP contribution in [0.4, 0.5) is 0 Å². The summed E-state index contributed by atoms with van der Waals surface area (Å²) in [5, 5.41) is 17.0. The molecule has 0 saturated heterocycles. The van der Waals surface area contributed by atoms with Crippen molar-refractivity contribution in [2.24, 2.45) is 0 Å². The molecule has 1 aliphatic carbocycles. The van der Waals surface area contributed by atoms with Crippen molar-refractivity contribution < 1.29 is 9.90 Å². The van der Waals surface area contributed by atoms with Crippen LogP contribution in [0.15, 0.2) is 12.4 Å². The highest BCUT2D eigenvalue weighted by atomic mass is 16.3. The fourth-order valence-corrected chi connectivity index (χ4v) is 2.34. The number of amides is 1. The Bertz CT molecular complexity index is 448. The van der Waals surface area contributed by atoms with Gasteiger partial charge in [0.1, 0.15) is 0 Å². The van der Waals surface area contributed by atoms with E-state index in [1.54, 1.807) is 17.1 Å². The van der Waals surface area contributed by atoms with Crippen molar-refractivity contribution in [3.05, 3.63) is 18.0 Å². The normalized spacial score (nSPS) is 24.2. The zero-order valence-electron chi connectivity index (χ0n) is 11.9. The monoisotopic (exact) mass is 265 g/mol. The fourth-order valence-electron chi connectivity index (χ4n) is 2.34. The fraction of sp³-hybridized carbons (Fsp3) is 0.714. The molecule has 1 aromatic heterocycles. The zero-order valence-corrected chi connectivity index (χ0v) is 11.9. The van der Waals surface area contributed by atoms with E-state index in [-0.39, 0.29) is 17.5 Å². The Labute approximate surface area is 114 Å². The van der Waals surface area contributed by atoms with Gasteiger partial charge >= 0.3 is 0 Å². The van der Waals surface area contributed by atoms with Crippen LogP contribution in [0.25, 0.3) is 0 Å². The Kier molecular flexibility index (Phi) is 3.94. The highest BCUT2D eigenvalue weighted by Crippen LogP contribution is 2.19. The number of nitrogens with zero attached hydrogens (tertiary/aromatic N) is 2. The molecule has 1 fully saturated rings. The van der Waals surface area contributed by atoms with Gasteiger partial charge < -0.3 is 10.4 Å². The molecule has 1 aromatic rings. The van der Waals surface area contributed by atoms with Gasteiger partial charge in [-0.1, -0.05) is 12.8 Å². The molecular weight excluding hydrogens is 242 g/mol. The highest BCUT2D eigenvalue weighted by molar-refractivity contribution is 5.93. The summed E-state index contributed by atoms with van der Waals surface area (Å²) in [6.45, 7) is 6.10. The van der Waals surface area contributed by atoms with Crippen LogP contribution in [-0.2, 0) is 5.54 Å².